The number of hydrogen-bond donors (Lipinski definition) is 2. The van der Waals surface area contributed by atoms with Gasteiger partial charge < -0.3 is 9.73 Å². The molecule has 150 valence electrons. The highest BCUT2D eigenvalue weighted by atomic mass is 32.2. The number of hydrogen-bond acceptors (Lipinski definition) is 5. The van der Waals surface area contributed by atoms with Gasteiger partial charge in [-0.05, 0) is 38.5 Å². The molecule has 0 aromatic heterocycles. The summed E-state index contributed by atoms with van der Waals surface area (Å²) in [6, 6.07) is 9.76. The summed E-state index contributed by atoms with van der Waals surface area (Å²) in [6.07, 6.45) is 0.350. The summed E-state index contributed by atoms with van der Waals surface area (Å²) >= 11 is 0. The zero-order valence-electron chi connectivity index (χ0n) is 16.4. The quantitative estimate of drug-likeness (QED) is 0.357. The van der Waals surface area contributed by atoms with E-state index >= 15 is 0 Å². The van der Waals surface area contributed by atoms with Crippen LogP contribution in [0, 0.1) is 6.92 Å². The second-order valence-corrected chi connectivity index (χ2v) is 8.32. The molecule has 0 saturated carbocycles. The highest BCUT2D eigenvalue weighted by molar-refractivity contribution is 7.85. The Labute approximate surface area is 164 Å². The minimum absolute atomic E-state index is 0.250. The highest BCUT2D eigenvalue weighted by Crippen LogP contribution is 2.27. The monoisotopic (exact) mass is 404 g/mol. The molecule has 2 aliphatic rings. The van der Waals surface area contributed by atoms with E-state index in [1.807, 2.05) is 55.7 Å². The number of aromatic nitrogens is 1. The van der Waals surface area contributed by atoms with Crippen molar-refractivity contribution in [3.8, 4) is 11.5 Å². The molecular formula is C20H26N3O4S+. The summed E-state index contributed by atoms with van der Waals surface area (Å²) in [6.45, 7) is 8.14. The Hall–Kier alpha value is -2.45. The fourth-order valence-corrected chi connectivity index (χ4v) is 3.75. The van der Waals surface area contributed by atoms with Gasteiger partial charge in [0.05, 0.1) is 11.8 Å². The first kappa shape index (κ1) is 20.3. The second kappa shape index (κ2) is 8.28. The van der Waals surface area contributed by atoms with Crippen LogP contribution in [0.25, 0.3) is 22.6 Å². The van der Waals surface area contributed by atoms with Crippen molar-refractivity contribution in [1.29, 1.82) is 0 Å². The van der Waals surface area contributed by atoms with Crippen LogP contribution < -0.4 is 15.2 Å². The van der Waals surface area contributed by atoms with Crippen molar-refractivity contribution in [2.75, 3.05) is 30.7 Å². The van der Waals surface area contributed by atoms with Crippen LogP contribution in [0.3, 0.4) is 0 Å². The Bertz CT molecular complexity index is 1140. The lowest BCUT2D eigenvalue weighted by molar-refractivity contribution is 0.477. The molecular weight excluding hydrogens is 378 g/mol. The smallest absolute Gasteiger partial charge is 0.265 e. The molecule has 0 amide bonds. The molecule has 0 spiro atoms. The molecule has 1 aliphatic carbocycles. The van der Waals surface area contributed by atoms with Gasteiger partial charge in [0.2, 0.25) is 5.36 Å². The Morgan fingerprint density at radius 3 is 2.68 bits per heavy atom. The number of anilines is 1. The van der Waals surface area contributed by atoms with Gasteiger partial charge in [0.1, 0.15) is 24.3 Å². The Balaban J connectivity index is 2.04. The first-order valence-corrected chi connectivity index (χ1v) is 11.0. The number of fused-ring (bicyclic) bond motifs is 2. The SMILES string of the molecule is CCNc1cc2oc3cc(=[N+](CC)CCCS(=O)(=O)O)ccc-3nc2cc1C. The minimum Gasteiger partial charge on any atom is -0.452 e. The van der Waals surface area contributed by atoms with Gasteiger partial charge in [0.25, 0.3) is 10.1 Å². The number of aryl methyl sites for hydroxylation is 1. The van der Waals surface area contributed by atoms with E-state index in [1.165, 1.54) is 0 Å². The van der Waals surface area contributed by atoms with E-state index in [1.54, 1.807) is 0 Å². The Morgan fingerprint density at radius 1 is 1.21 bits per heavy atom. The normalized spacial score (nSPS) is 13.1. The second-order valence-electron chi connectivity index (χ2n) is 6.75. The average Bonchev–Trinajstić information content (AvgIpc) is 2.63. The van der Waals surface area contributed by atoms with Crippen molar-refractivity contribution >= 4 is 26.9 Å². The lowest BCUT2D eigenvalue weighted by Crippen LogP contribution is -2.31. The molecule has 3 rings (SSSR count). The Kier molecular flexibility index (Phi) is 6.00. The van der Waals surface area contributed by atoms with Crippen LogP contribution in [0.4, 0.5) is 5.69 Å². The topological polar surface area (TPSA) is 95.4 Å². The fourth-order valence-electron chi connectivity index (χ4n) is 3.25. The maximum Gasteiger partial charge on any atom is 0.265 e. The van der Waals surface area contributed by atoms with Crippen molar-refractivity contribution in [2.45, 2.75) is 27.2 Å². The molecule has 0 fully saturated rings. The number of rotatable bonds is 7. The third-order valence-corrected chi connectivity index (χ3v) is 5.46. The molecule has 7 nitrogen and oxygen atoms in total. The zero-order valence-corrected chi connectivity index (χ0v) is 17.2. The Morgan fingerprint density at radius 2 is 2.00 bits per heavy atom. The molecule has 1 aromatic rings. The molecule has 8 heteroatoms. The van der Waals surface area contributed by atoms with Gasteiger partial charge in [-0.3, -0.25) is 4.55 Å². The van der Waals surface area contributed by atoms with Gasteiger partial charge in [0.15, 0.2) is 11.3 Å². The summed E-state index contributed by atoms with van der Waals surface area (Å²) in [5, 5.41) is 4.25. The van der Waals surface area contributed by atoms with E-state index < -0.39 is 10.1 Å². The van der Waals surface area contributed by atoms with Crippen LogP contribution in [-0.2, 0) is 10.1 Å². The first-order chi connectivity index (χ1) is 13.3. The largest absolute Gasteiger partial charge is 0.452 e. The van der Waals surface area contributed by atoms with Crippen molar-refractivity contribution in [1.82, 2.24) is 9.56 Å². The number of nitrogens with one attached hydrogen (secondary N) is 1. The molecule has 1 aliphatic heterocycles. The standard InChI is InChI=1S/C20H25N3O4S/c1-4-21-17-13-20-18(11-14(17)3)22-16-8-7-15(12-19(16)27-20)23(5-2)9-6-10-28(24,25)26/h7-8,11-13H,4-6,9-10H2,1-3H3,(H,24,25,26)/p+1. The highest BCUT2D eigenvalue weighted by Gasteiger charge is 2.14. The van der Waals surface area contributed by atoms with Crippen LogP contribution >= 0.6 is 0 Å². The van der Waals surface area contributed by atoms with Crippen LogP contribution in [0.2, 0.25) is 0 Å². The van der Waals surface area contributed by atoms with Crippen molar-refractivity contribution in [3.05, 3.63) is 41.3 Å². The molecule has 0 atom stereocenters. The van der Waals surface area contributed by atoms with Crippen LogP contribution in [0.5, 0.6) is 0 Å². The van der Waals surface area contributed by atoms with Gasteiger partial charge >= 0.3 is 0 Å². The summed E-state index contributed by atoms with van der Waals surface area (Å²) in [5.41, 5.74) is 4.42. The molecule has 1 heterocycles. The average molecular weight is 405 g/mol. The van der Waals surface area contributed by atoms with Gasteiger partial charge in [0, 0.05) is 30.8 Å². The fraction of sp³-hybridized carbons (Fsp3) is 0.400. The third kappa shape index (κ3) is 4.69. The maximum atomic E-state index is 10.9. The summed E-state index contributed by atoms with van der Waals surface area (Å²) in [5.74, 6) is 0.421. The molecule has 0 saturated heterocycles. The predicted molar refractivity (Wildman–Crippen MR) is 111 cm³/mol. The molecule has 1 aromatic carbocycles. The van der Waals surface area contributed by atoms with E-state index in [-0.39, 0.29) is 5.75 Å². The van der Waals surface area contributed by atoms with Crippen LogP contribution in [0.15, 0.2) is 34.7 Å². The van der Waals surface area contributed by atoms with Crippen LogP contribution in [0.1, 0.15) is 25.8 Å². The van der Waals surface area contributed by atoms with Gasteiger partial charge in [-0.25, -0.2) is 9.56 Å². The summed E-state index contributed by atoms with van der Waals surface area (Å²) < 4.78 is 39.0. The van der Waals surface area contributed by atoms with Gasteiger partial charge in [-0.2, -0.15) is 8.42 Å². The molecule has 0 bridgehead atoms. The lowest BCUT2D eigenvalue weighted by Gasteiger charge is -2.11. The summed E-state index contributed by atoms with van der Waals surface area (Å²) in [7, 11) is -3.94. The molecule has 2 N–H and O–H groups in total. The van der Waals surface area contributed by atoms with Gasteiger partial charge in [-0.1, -0.05) is 0 Å². The zero-order chi connectivity index (χ0) is 20.3. The molecule has 28 heavy (non-hydrogen) atoms. The van der Waals surface area contributed by atoms with Crippen molar-refractivity contribution < 1.29 is 17.4 Å². The summed E-state index contributed by atoms with van der Waals surface area (Å²) in [4.78, 5) is 4.71. The predicted octanol–water partition coefficient (Wildman–Crippen LogP) is 2.74. The maximum absolute atomic E-state index is 10.9. The lowest BCUT2D eigenvalue weighted by atomic mass is 10.1. The third-order valence-electron chi connectivity index (χ3n) is 4.65. The first-order valence-electron chi connectivity index (χ1n) is 9.43. The minimum atomic E-state index is -3.94. The van der Waals surface area contributed by atoms with Gasteiger partial charge in [-0.15, -0.1) is 0 Å². The number of benzene rings is 2. The molecule has 0 unspecified atom stereocenters. The van der Waals surface area contributed by atoms with Crippen LogP contribution in [-0.4, -0.2) is 43.3 Å². The van der Waals surface area contributed by atoms with E-state index in [0.717, 1.165) is 34.4 Å². The van der Waals surface area contributed by atoms with E-state index in [2.05, 4.69) is 5.32 Å². The van der Waals surface area contributed by atoms with Crippen molar-refractivity contribution in [3.63, 3.8) is 0 Å². The van der Waals surface area contributed by atoms with E-state index in [0.29, 0.717) is 30.9 Å². The van der Waals surface area contributed by atoms with E-state index in [4.69, 9.17) is 14.0 Å². The molecule has 0 radical (unpaired) electrons. The van der Waals surface area contributed by atoms with E-state index in [9.17, 15) is 8.42 Å². The number of nitrogens with zero attached hydrogens (tertiary/aromatic N) is 2. The van der Waals surface area contributed by atoms with Crippen molar-refractivity contribution in [2.24, 2.45) is 0 Å².